The number of unbranched alkanes of at least 4 members (excludes halogenated alkanes) is 13. The fourth-order valence-electron chi connectivity index (χ4n) is 4.25. The zero-order valence-electron chi connectivity index (χ0n) is 18.3. The van der Waals surface area contributed by atoms with Crippen molar-refractivity contribution < 1.29 is 4.57 Å². The Labute approximate surface area is 167 Å². The minimum atomic E-state index is 1.21. The third-order valence-electron chi connectivity index (χ3n) is 6.07. The Kier molecular flexibility index (Phi) is 10.6. The number of imidazole rings is 1. The van der Waals surface area contributed by atoms with Gasteiger partial charge in [-0.2, -0.15) is 0 Å². The average molecular weight is 372 g/mol. The number of aryl methyl sites for hydroxylation is 3. The van der Waals surface area contributed by atoms with E-state index in [0.717, 1.165) is 0 Å². The zero-order valence-corrected chi connectivity index (χ0v) is 18.3. The summed E-state index contributed by atoms with van der Waals surface area (Å²) < 4.78 is 2.30. The van der Waals surface area contributed by atoms with Crippen LogP contribution in [-0.2, 0) is 13.5 Å². The number of aromatic nitrogens is 2. The SMILES string of the molecule is CCCCCCCCCCCCCCCCc1cccc2[nH]c(C)[n+](C)c12. The first kappa shape index (κ1) is 22.0. The summed E-state index contributed by atoms with van der Waals surface area (Å²) in [5.41, 5.74) is 4.17. The molecule has 0 aliphatic carbocycles. The van der Waals surface area contributed by atoms with E-state index >= 15 is 0 Å². The molecule has 0 bridgehead atoms. The first-order valence-electron chi connectivity index (χ1n) is 11.7. The molecule has 1 N–H and O–H groups in total. The van der Waals surface area contributed by atoms with Crippen molar-refractivity contribution in [2.45, 2.75) is 110 Å². The maximum atomic E-state index is 3.48. The predicted molar refractivity (Wildman–Crippen MR) is 118 cm³/mol. The zero-order chi connectivity index (χ0) is 19.3. The number of hydrogen-bond donors (Lipinski definition) is 1. The van der Waals surface area contributed by atoms with Crippen molar-refractivity contribution in [1.29, 1.82) is 0 Å². The molecule has 0 unspecified atom stereocenters. The van der Waals surface area contributed by atoms with Gasteiger partial charge in [-0.05, 0) is 18.9 Å². The van der Waals surface area contributed by atoms with Crippen molar-refractivity contribution in [3.8, 4) is 0 Å². The van der Waals surface area contributed by atoms with E-state index in [2.05, 4.69) is 48.6 Å². The second-order valence-electron chi connectivity index (χ2n) is 8.43. The number of fused-ring (bicyclic) bond motifs is 1. The Bertz CT molecular complexity index is 641. The topological polar surface area (TPSA) is 19.7 Å². The molecule has 0 saturated heterocycles. The van der Waals surface area contributed by atoms with Crippen LogP contribution >= 0.6 is 0 Å². The third-order valence-corrected chi connectivity index (χ3v) is 6.07. The molecule has 0 radical (unpaired) electrons. The lowest BCUT2D eigenvalue weighted by atomic mass is 10.0. The lowest BCUT2D eigenvalue weighted by molar-refractivity contribution is -0.651. The number of nitrogens with zero attached hydrogens (tertiary/aromatic N) is 1. The summed E-state index contributed by atoms with van der Waals surface area (Å²) in [6.45, 7) is 4.44. The van der Waals surface area contributed by atoms with Gasteiger partial charge in [-0.3, -0.25) is 0 Å². The molecule has 2 rings (SSSR count). The molecule has 2 aromatic rings. The number of benzene rings is 1. The minimum Gasteiger partial charge on any atom is -0.241 e. The largest absolute Gasteiger partial charge is 0.251 e. The summed E-state index contributed by atoms with van der Waals surface area (Å²) in [6, 6.07) is 6.69. The standard InChI is InChI=1S/C25H42N2/c1-4-5-6-7-8-9-10-11-12-13-14-15-16-17-19-23-20-18-21-24-25(23)27(3)22(2)26-24/h18,20-21H,4-17,19H2,1-3H3/p+1. The van der Waals surface area contributed by atoms with Crippen LogP contribution in [0.25, 0.3) is 11.0 Å². The first-order chi connectivity index (χ1) is 13.2. The molecule has 0 aliphatic heterocycles. The molecule has 2 heteroatoms. The van der Waals surface area contributed by atoms with Crippen molar-refractivity contribution in [2.75, 3.05) is 0 Å². The Morgan fingerprint density at radius 2 is 1.26 bits per heavy atom. The molecule has 1 aromatic carbocycles. The minimum absolute atomic E-state index is 1.21. The van der Waals surface area contributed by atoms with Crippen LogP contribution in [-0.4, -0.2) is 4.98 Å². The van der Waals surface area contributed by atoms with E-state index in [-0.39, 0.29) is 0 Å². The molecule has 152 valence electrons. The summed E-state index contributed by atoms with van der Waals surface area (Å²) >= 11 is 0. The van der Waals surface area contributed by atoms with Crippen molar-refractivity contribution >= 4 is 11.0 Å². The molecule has 27 heavy (non-hydrogen) atoms. The van der Waals surface area contributed by atoms with Gasteiger partial charge in [0.1, 0.15) is 0 Å². The summed E-state index contributed by atoms with van der Waals surface area (Å²) in [5.74, 6) is 1.23. The van der Waals surface area contributed by atoms with Crippen LogP contribution < -0.4 is 4.57 Å². The summed E-state index contributed by atoms with van der Waals surface area (Å²) in [5, 5.41) is 0. The Balaban J connectivity index is 1.48. The molecule has 0 amide bonds. The van der Waals surface area contributed by atoms with Gasteiger partial charge in [-0.1, -0.05) is 103 Å². The maximum absolute atomic E-state index is 3.48. The number of rotatable bonds is 15. The van der Waals surface area contributed by atoms with Crippen molar-refractivity contribution in [2.24, 2.45) is 7.05 Å². The van der Waals surface area contributed by atoms with Gasteiger partial charge < -0.3 is 0 Å². The van der Waals surface area contributed by atoms with E-state index in [1.807, 2.05) is 0 Å². The Hall–Kier alpha value is -1.31. The molecular formula is C25H43N2+. The highest BCUT2D eigenvalue weighted by molar-refractivity contribution is 5.75. The number of H-pyrrole nitrogens is 1. The van der Waals surface area contributed by atoms with Crippen LogP contribution in [0.4, 0.5) is 0 Å². The molecule has 0 spiro atoms. The van der Waals surface area contributed by atoms with Crippen LogP contribution in [0.1, 0.15) is 108 Å². The van der Waals surface area contributed by atoms with Crippen molar-refractivity contribution in [3.05, 3.63) is 29.6 Å². The molecule has 2 nitrogen and oxygen atoms in total. The van der Waals surface area contributed by atoms with Crippen molar-refractivity contribution in [3.63, 3.8) is 0 Å². The molecular weight excluding hydrogens is 328 g/mol. The molecule has 1 heterocycles. The van der Waals surface area contributed by atoms with E-state index in [9.17, 15) is 0 Å². The van der Waals surface area contributed by atoms with E-state index in [1.54, 1.807) is 0 Å². The summed E-state index contributed by atoms with van der Waals surface area (Å²) in [7, 11) is 2.17. The van der Waals surface area contributed by atoms with Gasteiger partial charge in [0.05, 0.1) is 7.05 Å². The quantitative estimate of drug-likeness (QED) is 0.250. The molecule has 0 saturated carbocycles. The van der Waals surface area contributed by atoms with Crippen molar-refractivity contribution in [1.82, 2.24) is 4.98 Å². The lowest BCUT2D eigenvalue weighted by Gasteiger charge is -2.04. The van der Waals surface area contributed by atoms with Crippen LogP contribution in [0, 0.1) is 6.92 Å². The smallest absolute Gasteiger partial charge is 0.241 e. The fraction of sp³-hybridized carbons (Fsp3) is 0.720. The molecule has 0 fully saturated rings. The first-order valence-corrected chi connectivity index (χ1v) is 11.7. The van der Waals surface area contributed by atoms with Gasteiger partial charge in [0, 0.05) is 12.5 Å². The van der Waals surface area contributed by atoms with E-state index in [1.165, 1.54) is 119 Å². The highest BCUT2D eigenvalue weighted by atomic mass is 15.0. The number of para-hydroxylation sites is 1. The Morgan fingerprint density at radius 3 is 1.81 bits per heavy atom. The number of aromatic amines is 1. The summed E-state index contributed by atoms with van der Waals surface area (Å²) in [4.78, 5) is 3.48. The summed E-state index contributed by atoms with van der Waals surface area (Å²) in [6.07, 6.45) is 21.2. The average Bonchev–Trinajstić information content (AvgIpc) is 2.97. The fourth-order valence-corrected chi connectivity index (χ4v) is 4.25. The van der Waals surface area contributed by atoms with Gasteiger partial charge in [0.15, 0.2) is 11.0 Å². The monoisotopic (exact) mass is 371 g/mol. The Morgan fingerprint density at radius 1 is 0.741 bits per heavy atom. The van der Waals surface area contributed by atoms with Gasteiger partial charge in [-0.25, -0.2) is 9.55 Å². The van der Waals surface area contributed by atoms with Crippen LogP contribution in [0.2, 0.25) is 0 Å². The third kappa shape index (κ3) is 7.68. The van der Waals surface area contributed by atoms with Crippen LogP contribution in [0.5, 0.6) is 0 Å². The van der Waals surface area contributed by atoms with E-state index in [4.69, 9.17) is 0 Å². The molecule has 0 aliphatic rings. The second kappa shape index (κ2) is 13.0. The predicted octanol–water partition coefficient (Wildman–Crippen LogP) is 7.32. The van der Waals surface area contributed by atoms with Gasteiger partial charge in [-0.15, -0.1) is 0 Å². The van der Waals surface area contributed by atoms with E-state index in [0.29, 0.717) is 0 Å². The number of hydrogen-bond acceptors (Lipinski definition) is 0. The highest BCUT2D eigenvalue weighted by Crippen LogP contribution is 2.18. The maximum Gasteiger partial charge on any atom is 0.251 e. The number of nitrogens with one attached hydrogen (secondary N) is 1. The lowest BCUT2D eigenvalue weighted by Crippen LogP contribution is -2.30. The normalized spacial score (nSPS) is 11.5. The molecule has 1 aromatic heterocycles. The molecule has 0 atom stereocenters. The van der Waals surface area contributed by atoms with Crippen LogP contribution in [0.3, 0.4) is 0 Å². The van der Waals surface area contributed by atoms with Crippen LogP contribution in [0.15, 0.2) is 18.2 Å². The van der Waals surface area contributed by atoms with Gasteiger partial charge >= 0.3 is 0 Å². The van der Waals surface area contributed by atoms with E-state index < -0.39 is 0 Å². The van der Waals surface area contributed by atoms with Gasteiger partial charge in [0.2, 0.25) is 0 Å². The highest BCUT2D eigenvalue weighted by Gasteiger charge is 2.14. The van der Waals surface area contributed by atoms with Gasteiger partial charge in [0.25, 0.3) is 5.82 Å². The second-order valence-corrected chi connectivity index (χ2v) is 8.43.